The van der Waals surface area contributed by atoms with Crippen LogP contribution in [0.3, 0.4) is 0 Å². The Kier molecular flexibility index (Phi) is 3.82. The summed E-state index contributed by atoms with van der Waals surface area (Å²) in [6.07, 6.45) is 3.69. The zero-order valence-corrected chi connectivity index (χ0v) is 7.37. The highest BCUT2D eigenvalue weighted by molar-refractivity contribution is 5.79. The van der Waals surface area contributed by atoms with E-state index in [1.807, 2.05) is 0 Å². The minimum Gasteiger partial charge on any atom is -0.478 e. The highest BCUT2D eigenvalue weighted by atomic mass is 16.4. The number of nitrogens with zero attached hydrogens (tertiary/aromatic N) is 1. The van der Waals surface area contributed by atoms with Crippen LogP contribution in [0.25, 0.3) is 0 Å². The summed E-state index contributed by atoms with van der Waals surface area (Å²) in [7, 11) is 6.23. The van der Waals surface area contributed by atoms with Gasteiger partial charge in [-0.25, -0.2) is 4.79 Å². The Morgan fingerprint density at radius 2 is 2.00 bits per heavy atom. The summed E-state index contributed by atoms with van der Waals surface area (Å²) in [5, 5.41) is 8.25. The molecule has 0 fully saturated rings. The van der Waals surface area contributed by atoms with Crippen LogP contribution < -0.4 is 0 Å². The molecule has 0 aromatic carbocycles. The highest BCUT2D eigenvalue weighted by Crippen LogP contribution is 1.93. The van der Waals surface area contributed by atoms with Crippen LogP contribution in [0.15, 0.2) is 12.2 Å². The van der Waals surface area contributed by atoms with Gasteiger partial charge in [0.05, 0.1) is 27.7 Å². The van der Waals surface area contributed by atoms with Crippen LogP contribution in [0.5, 0.6) is 0 Å². The Hall–Kier alpha value is -0.830. The van der Waals surface area contributed by atoms with Crippen molar-refractivity contribution in [3.8, 4) is 0 Å². The average molecular weight is 158 g/mol. The molecule has 0 heterocycles. The van der Waals surface area contributed by atoms with Crippen LogP contribution in [-0.2, 0) is 4.79 Å². The zero-order chi connectivity index (χ0) is 8.91. The Balaban J connectivity index is 3.50. The lowest BCUT2D eigenvalue weighted by Crippen LogP contribution is -2.34. The lowest BCUT2D eigenvalue weighted by Gasteiger charge is -2.22. The zero-order valence-electron chi connectivity index (χ0n) is 7.37. The molecule has 64 valence electrons. The summed E-state index contributed by atoms with van der Waals surface area (Å²) >= 11 is 0. The van der Waals surface area contributed by atoms with Crippen LogP contribution >= 0.6 is 0 Å². The van der Waals surface area contributed by atoms with Crippen molar-refractivity contribution >= 4 is 5.97 Å². The maximum Gasteiger partial charge on any atom is 0.327 e. The topological polar surface area (TPSA) is 37.3 Å². The first kappa shape index (κ1) is 10.2. The predicted molar refractivity (Wildman–Crippen MR) is 44.3 cm³/mol. The monoisotopic (exact) mass is 158 g/mol. The molecule has 0 rings (SSSR count). The third kappa shape index (κ3) is 9.17. The molecule has 1 N–H and O–H groups in total. The second kappa shape index (κ2) is 4.13. The minimum absolute atomic E-state index is 0.815. The summed E-state index contributed by atoms with van der Waals surface area (Å²) in [6, 6.07) is 0. The molecule has 0 radical (unpaired) electrons. The van der Waals surface area contributed by atoms with E-state index in [4.69, 9.17) is 5.11 Å². The first-order chi connectivity index (χ1) is 4.92. The van der Waals surface area contributed by atoms with Crippen molar-refractivity contribution in [3.63, 3.8) is 0 Å². The van der Waals surface area contributed by atoms with Crippen LogP contribution in [0.4, 0.5) is 0 Å². The second-order valence-electron chi connectivity index (χ2n) is 3.54. The molecular formula is C8H16NO2+. The van der Waals surface area contributed by atoms with Gasteiger partial charge >= 0.3 is 5.97 Å². The number of carbonyl (C=O) groups is 1. The van der Waals surface area contributed by atoms with E-state index in [1.165, 1.54) is 6.08 Å². The van der Waals surface area contributed by atoms with E-state index in [2.05, 4.69) is 21.1 Å². The van der Waals surface area contributed by atoms with E-state index in [0.29, 0.717) is 0 Å². The molecular weight excluding hydrogens is 142 g/mol. The van der Waals surface area contributed by atoms with E-state index < -0.39 is 5.97 Å². The lowest BCUT2D eigenvalue weighted by atomic mass is 10.3. The molecule has 0 aliphatic carbocycles. The third-order valence-corrected chi connectivity index (χ3v) is 1.23. The maximum absolute atomic E-state index is 10.0. The molecule has 0 spiro atoms. The van der Waals surface area contributed by atoms with Gasteiger partial charge in [0.25, 0.3) is 0 Å². The normalized spacial score (nSPS) is 12.3. The van der Waals surface area contributed by atoms with Crippen molar-refractivity contribution in [2.75, 3.05) is 27.7 Å². The third-order valence-electron chi connectivity index (χ3n) is 1.23. The Morgan fingerprint density at radius 3 is 2.36 bits per heavy atom. The first-order valence-corrected chi connectivity index (χ1v) is 3.62. The van der Waals surface area contributed by atoms with Gasteiger partial charge in [-0.05, 0) is 0 Å². The molecule has 0 saturated carbocycles. The van der Waals surface area contributed by atoms with Crippen molar-refractivity contribution in [1.82, 2.24) is 0 Å². The molecule has 0 aromatic heterocycles. The van der Waals surface area contributed by atoms with Crippen LogP contribution in [-0.4, -0.2) is 43.2 Å². The fraction of sp³-hybridized carbons (Fsp3) is 0.625. The molecule has 0 atom stereocenters. The standard InChI is InChI=1S/C8H15NO2/c1-9(2,3)7-5-4-6-8(10)11/h4,6H,5,7H2,1-3H3/p+1/b6-4+. The van der Waals surface area contributed by atoms with Gasteiger partial charge in [0.1, 0.15) is 0 Å². The predicted octanol–water partition coefficient (Wildman–Crippen LogP) is 0.723. The summed E-state index contributed by atoms with van der Waals surface area (Å²) in [4.78, 5) is 10.0. The van der Waals surface area contributed by atoms with Crippen molar-refractivity contribution < 1.29 is 14.4 Å². The van der Waals surface area contributed by atoms with E-state index in [-0.39, 0.29) is 0 Å². The Morgan fingerprint density at radius 1 is 1.45 bits per heavy atom. The second-order valence-corrected chi connectivity index (χ2v) is 3.54. The summed E-state index contributed by atoms with van der Waals surface area (Å²) < 4.78 is 0.865. The summed E-state index contributed by atoms with van der Waals surface area (Å²) in [5.74, 6) is -0.869. The SMILES string of the molecule is C[N+](C)(C)CC/C=C/C(=O)O. The van der Waals surface area contributed by atoms with Crippen molar-refractivity contribution in [2.45, 2.75) is 6.42 Å². The fourth-order valence-electron chi connectivity index (χ4n) is 0.646. The molecule has 0 saturated heterocycles. The minimum atomic E-state index is -0.869. The largest absolute Gasteiger partial charge is 0.478 e. The van der Waals surface area contributed by atoms with Gasteiger partial charge in [0.2, 0.25) is 0 Å². The van der Waals surface area contributed by atoms with Gasteiger partial charge in [-0.15, -0.1) is 0 Å². The molecule has 3 nitrogen and oxygen atoms in total. The molecule has 0 unspecified atom stereocenters. The van der Waals surface area contributed by atoms with Gasteiger partial charge in [0.15, 0.2) is 0 Å². The van der Waals surface area contributed by atoms with Gasteiger partial charge in [-0.1, -0.05) is 6.08 Å². The highest BCUT2D eigenvalue weighted by Gasteiger charge is 2.03. The van der Waals surface area contributed by atoms with E-state index >= 15 is 0 Å². The maximum atomic E-state index is 10.0. The number of hydrogen-bond acceptors (Lipinski definition) is 1. The average Bonchev–Trinajstić information content (AvgIpc) is 1.78. The smallest absolute Gasteiger partial charge is 0.327 e. The lowest BCUT2D eigenvalue weighted by molar-refractivity contribution is -0.869. The Bertz CT molecular complexity index is 156. The molecule has 0 aromatic rings. The number of rotatable bonds is 4. The number of carboxylic acid groups (broad SMARTS) is 1. The summed E-state index contributed by atoms with van der Waals surface area (Å²) in [6.45, 7) is 0.962. The first-order valence-electron chi connectivity index (χ1n) is 3.62. The van der Waals surface area contributed by atoms with E-state index in [1.54, 1.807) is 6.08 Å². The van der Waals surface area contributed by atoms with Gasteiger partial charge in [0, 0.05) is 12.5 Å². The molecule has 11 heavy (non-hydrogen) atoms. The van der Waals surface area contributed by atoms with Gasteiger partial charge < -0.3 is 9.59 Å². The van der Waals surface area contributed by atoms with E-state index in [0.717, 1.165) is 17.4 Å². The van der Waals surface area contributed by atoms with E-state index in [9.17, 15) is 4.79 Å². The van der Waals surface area contributed by atoms with Crippen LogP contribution in [0.2, 0.25) is 0 Å². The Labute approximate surface area is 67.5 Å². The number of aliphatic carboxylic acids is 1. The van der Waals surface area contributed by atoms with Gasteiger partial charge in [-0.2, -0.15) is 0 Å². The molecule has 3 heteroatoms. The quantitative estimate of drug-likeness (QED) is 0.483. The van der Waals surface area contributed by atoms with Crippen molar-refractivity contribution in [3.05, 3.63) is 12.2 Å². The van der Waals surface area contributed by atoms with Crippen molar-refractivity contribution in [1.29, 1.82) is 0 Å². The fourth-order valence-corrected chi connectivity index (χ4v) is 0.646. The van der Waals surface area contributed by atoms with Crippen LogP contribution in [0, 0.1) is 0 Å². The van der Waals surface area contributed by atoms with Crippen LogP contribution in [0.1, 0.15) is 6.42 Å². The number of quaternary nitrogens is 1. The number of carboxylic acids is 1. The molecule has 0 aliphatic heterocycles. The van der Waals surface area contributed by atoms with Crippen molar-refractivity contribution in [2.24, 2.45) is 0 Å². The molecule has 0 bridgehead atoms. The summed E-state index contributed by atoms with van der Waals surface area (Å²) in [5.41, 5.74) is 0. The van der Waals surface area contributed by atoms with Gasteiger partial charge in [-0.3, -0.25) is 0 Å². The molecule has 0 aliphatic rings. The molecule has 0 amide bonds. The number of hydrogen-bond donors (Lipinski definition) is 1.